The van der Waals surface area contributed by atoms with Crippen molar-refractivity contribution in [2.75, 3.05) is 24.5 Å². The second kappa shape index (κ2) is 6.56. The van der Waals surface area contributed by atoms with Crippen molar-refractivity contribution in [2.24, 2.45) is 5.92 Å². The van der Waals surface area contributed by atoms with Crippen molar-refractivity contribution in [3.05, 3.63) is 60.2 Å². The third kappa shape index (κ3) is 3.42. The van der Waals surface area contributed by atoms with E-state index in [0.717, 1.165) is 25.2 Å². The molecule has 1 fully saturated rings. The molecule has 114 valence electrons. The van der Waals surface area contributed by atoms with Crippen molar-refractivity contribution in [3.8, 4) is 0 Å². The third-order valence-corrected chi connectivity index (χ3v) is 3.97. The van der Waals surface area contributed by atoms with E-state index in [-0.39, 0.29) is 11.7 Å². The summed E-state index contributed by atoms with van der Waals surface area (Å²) in [4.78, 5) is 18.1. The second-order valence-corrected chi connectivity index (χ2v) is 5.52. The number of hydrogen-bond donors (Lipinski definition) is 1. The molecule has 1 saturated heterocycles. The summed E-state index contributed by atoms with van der Waals surface area (Å²) in [6.45, 7) is 2.46. The molecular weight excluding hydrogens is 281 g/mol. The van der Waals surface area contributed by atoms with E-state index in [2.05, 4.69) is 15.2 Å². The summed E-state index contributed by atoms with van der Waals surface area (Å²) < 4.78 is 13.0. The normalized spacial score (nSPS) is 17.5. The van der Waals surface area contributed by atoms with Gasteiger partial charge >= 0.3 is 0 Å². The van der Waals surface area contributed by atoms with Crippen LogP contribution >= 0.6 is 0 Å². The summed E-state index contributed by atoms with van der Waals surface area (Å²) in [5.41, 5.74) is 1.66. The number of nitrogens with one attached hydrogen (secondary N) is 1. The van der Waals surface area contributed by atoms with E-state index < -0.39 is 0 Å². The highest BCUT2D eigenvalue weighted by molar-refractivity contribution is 5.93. The highest BCUT2D eigenvalue weighted by Gasteiger charge is 2.23. The molecule has 22 heavy (non-hydrogen) atoms. The lowest BCUT2D eigenvalue weighted by Gasteiger charge is -2.18. The van der Waals surface area contributed by atoms with Crippen LogP contribution in [0.15, 0.2) is 48.8 Å². The molecule has 0 aliphatic carbocycles. The number of amides is 1. The highest BCUT2D eigenvalue weighted by atomic mass is 19.1. The fraction of sp³-hybridized carbons (Fsp3) is 0.294. The number of pyridine rings is 1. The quantitative estimate of drug-likeness (QED) is 0.943. The zero-order valence-corrected chi connectivity index (χ0v) is 12.2. The zero-order valence-electron chi connectivity index (χ0n) is 12.2. The predicted octanol–water partition coefficient (Wildman–Crippen LogP) is 2.48. The Labute approximate surface area is 129 Å². The van der Waals surface area contributed by atoms with Gasteiger partial charge in [0.05, 0.1) is 0 Å². The average Bonchev–Trinajstić information content (AvgIpc) is 3.03. The Morgan fingerprint density at radius 3 is 2.68 bits per heavy atom. The van der Waals surface area contributed by atoms with Crippen molar-refractivity contribution in [2.45, 2.75) is 6.42 Å². The van der Waals surface area contributed by atoms with Crippen LogP contribution in [0.4, 0.5) is 10.1 Å². The van der Waals surface area contributed by atoms with Gasteiger partial charge in [-0.3, -0.25) is 9.78 Å². The van der Waals surface area contributed by atoms with Gasteiger partial charge in [-0.2, -0.15) is 0 Å². The fourth-order valence-electron chi connectivity index (χ4n) is 2.73. The van der Waals surface area contributed by atoms with Crippen molar-refractivity contribution < 1.29 is 9.18 Å². The number of halogens is 1. The maximum Gasteiger partial charge on any atom is 0.251 e. The van der Waals surface area contributed by atoms with E-state index in [9.17, 15) is 9.18 Å². The largest absolute Gasteiger partial charge is 0.371 e. The van der Waals surface area contributed by atoms with E-state index in [0.29, 0.717) is 18.0 Å². The van der Waals surface area contributed by atoms with Crippen molar-refractivity contribution in [1.29, 1.82) is 0 Å². The predicted molar refractivity (Wildman–Crippen MR) is 83.3 cm³/mol. The molecule has 1 aromatic heterocycles. The van der Waals surface area contributed by atoms with Crippen LogP contribution in [-0.2, 0) is 0 Å². The molecule has 0 radical (unpaired) electrons. The van der Waals surface area contributed by atoms with Gasteiger partial charge in [-0.1, -0.05) is 0 Å². The van der Waals surface area contributed by atoms with Crippen LogP contribution in [0.2, 0.25) is 0 Å². The van der Waals surface area contributed by atoms with Gasteiger partial charge in [0.25, 0.3) is 5.91 Å². The van der Waals surface area contributed by atoms with Gasteiger partial charge in [0.1, 0.15) is 5.82 Å². The van der Waals surface area contributed by atoms with Gasteiger partial charge in [0.15, 0.2) is 0 Å². The molecule has 0 bridgehead atoms. The molecule has 1 unspecified atom stereocenters. The SMILES string of the molecule is O=C(NCC1CCN(c2ccc(F)cc2)C1)c1ccncc1. The van der Waals surface area contributed by atoms with Crippen LogP contribution in [0.3, 0.4) is 0 Å². The van der Waals surface area contributed by atoms with Gasteiger partial charge in [0, 0.05) is 43.3 Å². The number of rotatable bonds is 4. The smallest absolute Gasteiger partial charge is 0.251 e. The number of benzene rings is 1. The first-order valence-electron chi connectivity index (χ1n) is 7.41. The minimum absolute atomic E-state index is 0.0670. The fourth-order valence-corrected chi connectivity index (χ4v) is 2.73. The van der Waals surface area contributed by atoms with E-state index >= 15 is 0 Å². The molecule has 1 aliphatic rings. The summed E-state index contributed by atoms with van der Waals surface area (Å²) in [6.07, 6.45) is 4.25. The number of anilines is 1. The minimum Gasteiger partial charge on any atom is -0.371 e. The lowest BCUT2D eigenvalue weighted by molar-refractivity contribution is 0.0948. The Bertz CT molecular complexity index is 630. The van der Waals surface area contributed by atoms with Crippen LogP contribution in [-0.4, -0.2) is 30.5 Å². The van der Waals surface area contributed by atoms with Crippen LogP contribution in [0.25, 0.3) is 0 Å². The monoisotopic (exact) mass is 299 g/mol. The van der Waals surface area contributed by atoms with Crippen LogP contribution in [0.1, 0.15) is 16.8 Å². The Morgan fingerprint density at radius 1 is 1.23 bits per heavy atom. The number of hydrogen-bond acceptors (Lipinski definition) is 3. The van der Waals surface area contributed by atoms with Gasteiger partial charge in [-0.25, -0.2) is 4.39 Å². The molecule has 3 rings (SSSR count). The molecular formula is C17H18FN3O. The Kier molecular flexibility index (Phi) is 4.32. The lowest BCUT2D eigenvalue weighted by atomic mass is 10.1. The molecule has 1 aliphatic heterocycles. The van der Waals surface area contributed by atoms with Gasteiger partial charge < -0.3 is 10.2 Å². The van der Waals surface area contributed by atoms with Crippen LogP contribution < -0.4 is 10.2 Å². The van der Waals surface area contributed by atoms with Crippen molar-refractivity contribution >= 4 is 11.6 Å². The summed E-state index contributed by atoms with van der Waals surface area (Å²) >= 11 is 0. The highest BCUT2D eigenvalue weighted by Crippen LogP contribution is 2.23. The standard InChI is InChI=1S/C17H18FN3O/c18-15-1-3-16(4-2-15)21-10-7-13(12-21)11-20-17(22)14-5-8-19-9-6-14/h1-6,8-9,13H,7,10-12H2,(H,20,22). The minimum atomic E-state index is -0.218. The third-order valence-electron chi connectivity index (χ3n) is 3.97. The molecule has 0 spiro atoms. The van der Waals surface area contributed by atoms with Gasteiger partial charge in [0.2, 0.25) is 0 Å². The molecule has 2 heterocycles. The first kappa shape index (κ1) is 14.5. The summed E-state index contributed by atoms with van der Waals surface area (Å²) in [5, 5.41) is 2.97. The zero-order chi connectivity index (χ0) is 15.4. The van der Waals surface area contributed by atoms with E-state index in [1.807, 2.05) is 0 Å². The first-order chi connectivity index (χ1) is 10.7. The molecule has 4 nitrogen and oxygen atoms in total. The molecule has 1 aromatic carbocycles. The molecule has 2 aromatic rings. The maximum absolute atomic E-state index is 13.0. The van der Waals surface area contributed by atoms with Gasteiger partial charge in [-0.05, 0) is 48.7 Å². The van der Waals surface area contributed by atoms with Crippen LogP contribution in [0, 0.1) is 11.7 Å². The Balaban J connectivity index is 1.51. The Hall–Kier alpha value is -2.43. The van der Waals surface area contributed by atoms with Crippen molar-refractivity contribution in [1.82, 2.24) is 10.3 Å². The topological polar surface area (TPSA) is 45.2 Å². The van der Waals surface area contributed by atoms with Gasteiger partial charge in [-0.15, -0.1) is 0 Å². The van der Waals surface area contributed by atoms with E-state index in [1.165, 1.54) is 12.1 Å². The summed E-state index contributed by atoms with van der Waals surface area (Å²) in [7, 11) is 0. The molecule has 1 N–H and O–H groups in total. The van der Waals surface area contributed by atoms with Crippen molar-refractivity contribution in [3.63, 3.8) is 0 Å². The first-order valence-corrected chi connectivity index (χ1v) is 7.41. The number of carbonyl (C=O) groups is 1. The average molecular weight is 299 g/mol. The van der Waals surface area contributed by atoms with E-state index in [4.69, 9.17) is 0 Å². The number of nitrogens with zero attached hydrogens (tertiary/aromatic N) is 2. The maximum atomic E-state index is 13.0. The van der Waals surface area contributed by atoms with Crippen LogP contribution in [0.5, 0.6) is 0 Å². The number of aromatic nitrogens is 1. The lowest BCUT2D eigenvalue weighted by Crippen LogP contribution is -2.31. The molecule has 1 amide bonds. The molecule has 5 heteroatoms. The summed E-state index contributed by atoms with van der Waals surface area (Å²) in [5.74, 6) is 0.127. The molecule has 0 saturated carbocycles. The Morgan fingerprint density at radius 2 is 1.95 bits per heavy atom. The molecule has 1 atom stereocenters. The second-order valence-electron chi connectivity index (χ2n) is 5.52. The summed E-state index contributed by atoms with van der Waals surface area (Å²) in [6, 6.07) is 9.96. The van der Waals surface area contributed by atoms with E-state index in [1.54, 1.807) is 36.7 Å². The number of carbonyl (C=O) groups excluding carboxylic acids is 1.